The van der Waals surface area contributed by atoms with Crippen LogP contribution in [0, 0.1) is 0 Å². The Kier molecular flexibility index (Phi) is 9.90. The summed E-state index contributed by atoms with van der Waals surface area (Å²) in [6.07, 6.45) is 0. The molecule has 0 saturated carbocycles. The Morgan fingerprint density at radius 2 is 0.833 bits per heavy atom. The van der Waals surface area contributed by atoms with E-state index in [0.717, 1.165) is 0 Å². The van der Waals surface area contributed by atoms with Gasteiger partial charge in [-0.3, -0.25) is 0 Å². The zero-order chi connectivity index (χ0) is 21.2. The summed E-state index contributed by atoms with van der Waals surface area (Å²) >= 11 is 0.194. The molecule has 154 valence electrons. The third kappa shape index (κ3) is 6.18. The van der Waals surface area contributed by atoms with Gasteiger partial charge in [0.2, 0.25) is 0 Å². The predicted molar refractivity (Wildman–Crippen MR) is 138 cm³/mol. The van der Waals surface area contributed by atoms with Gasteiger partial charge in [0.05, 0.1) is 19.9 Å². The molecule has 4 aromatic carbocycles. The average molecular weight is 513 g/mol. The summed E-state index contributed by atoms with van der Waals surface area (Å²) in [5.74, 6) is 0. The molecule has 0 radical (unpaired) electrons. The first-order valence-electron chi connectivity index (χ1n) is 9.58. The molecule has 0 aromatic heterocycles. The monoisotopic (exact) mass is 512 g/mol. The first-order chi connectivity index (χ1) is 14.8. The van der Waals surface area contributed by atoms with E-state index in [1.165, 1.54) is 26.5 Å². The molecule has 0 aliphatic heterocycles. The molecule has 0 spiro atoms. The molecule has 0 saturated heterocycles. The molecule has 4 rings (SSSR count). The predicted octanol–water partition coefficient (Wildman–Crippen LogP) is 5.35. The van der Waals surface area contributed by atoms with Crippen molar-refractivity contribution in [2.75, 3.05) is 6.66 Å². The quantitative estimate of drug-likeness (QED) is 0.250. The van der Waals surface area contributed by atoms with E-state index in [-0.39, 0.29) is 13.1 Å². The standard InChI is InChI=1S/C25H22P2.2ClH.Fe/c1-26(21-13-5-2-6-14-21)24-19-11-12-20-25(24)27(22-15-7-3-8-16-22)23-17-9-4-10-18-23;;;/h2-20H,1H3;2*1H;/q;;;+2. The second kappa shape index (κ2) is 12.6. The van der Waals surface area contributed by atoms with Crippen molar-refractivity contribution < 1.29 is 13.1 Å². The summed E-state index contributed by atoms with van der Waals surface area (Å²) in [6.45, 7) is 2.42. The first-order valence-corrected chi connectivity index (χ1v) is 16.1. The molecular formula is C25H24Cl2FeP2+2. The molecule has 0 N–H and O–H groups in total. The van der Waals surface area contributed by atoms with Gasteiger partial charge in [0.15, 0.2) is 0 Å². The van der Waals surface area contributed by atoms with Gasteiger partial charge in [0.1, 0.15) is 29.1 Å². The topological polar surface area (TPSA) is 0 Å². The van der Waals surface area contributed by atoms with E-state index in [0.29, 0.717) is 0 Å². The molecule has 30 heavy (non-hydrogen) atoms. The van der Waals surface area contributed by atoms with Crippen LogP contribution in [0.15, 0.2) is 115 Å². The molecule has 0 bridgehead atoms. The maximum atomic E-state index is 4.76. The van der Waals surface area contributed by atoms with Crippen LogP contribution in [0.25, 0.3) is 0 Å². The van der Waals surface area contributed by atoms with E-state index in [2.05, 4.69) is 122 Å². The van der Waals surface area contributed by atoms with Crippen molar-refractivity contribution in [2.24, 2.45) is 0 Å². The minimum atomic E-state index is -1.03. The fraction of sp³-hybridized carbons (Fsp3) is 0.0400. The molecule has 0 aliphatic rings. The Morgan fingerprint density at radius 3 is 1.27 bits per heavy atom. The Labute approximate surface area is 196 Å². The van der Waals surface area contributed by atoms with Gasteiger partial charge >= 0.3 is 33.3 Å². The first kappa shape index (κ1) is 23.5. The second-order valence-electron chi connectivity index (χ2n) is 6.69. The summed E-state index contributed by atoms with van der Waals surface area (Å²) in [6, 6.07) is 42.2. The number of benzene rings is 4. The Hall–Kier alpha value is -1.16. The van der Waals surface area contributed by atoms with E-state index in [9.17, 15) is 0 Å². The van der Waals surface area contributed by atoms with Gasteiger partial charge < -0.3 is 0 Å². The van der Waals surface area contributed by atoms with Gasteiger partial charge in [-0.25, -0.2) is 0 Å². The number of rotatable bonds is 5. The van der Waals surface area contributed by atoms with Crippen LogP contribution in [0.2, 0.25) is 0 Å². The molecule has 0 nitrogen and oxygen atoms in total. The van der Waals surface area contributed by atoms with Crippen LogP contribution in [0.3, 0.4) is 0 Å². The minimum absolute atomic E-state index is 0.194. The molecule has 0 amide bonds. The molecule has 0 fully saturated rings. The van der Waals surface area contributed by atoms with Crippen LogP contribution < -0.4 is 26.5 Å². The second-order valence-corrected chi connectivity index (χ2v) is 13.3. The van der Waals surface area contributed by atoms with E-state index < -0.39 is 15.8 Å². The summed E-state index contributed by atoms with van der Waals surface area (Å²) in [4.78, 5) is 0. The van der Waals surface area contributed by atoms with Gasteiger partial charge in [-0.05, 0) is 48.5 Å². The summed E-state index contributed by atoms with van der Waals surface area (Å²) < 4.78 is 0. The van der Waals surface area contributed by atoms with Gasteiger partial charge in [-0.1, -0.05) is 66.7 Å². The third-order valence-electron chi connectivity index (χ3n) is 4.93. The Morgan fingerprint density at radius 1 is 0.500 bits per heavy atom. The van der Waals surface area contributed by atoms with Crippen LogP contribution in [0.4, 0.5) is 0 Å². The van der Waals surface area contributed by atoms with E-state index in [1.807, 2.05) is 0 Å². The van der Waals surface area contributed by atoms with E-state index in [1.54, 1.807) is 0 Å². The van der Waals surface area contributed by atoms with E-state index in [4.69, 9.17) is 20.2 Å². The van der Waals surface area contributed by atoms with Crippen LogP contribution >= 0.6 is 36.0 Å². The van der Waals surface area contributed by atoms with Crippen LogP contribution in [-0.2, 0) is 13.1 Å². The summed E-state index contributed by atoms with van der Waals surface area (Å²) in [5, 5.41) is 7.43. The van der Waals surface area contributed by atoms with Crippen molar-refractivity contribution in [1.29, 1.82) is 0 Å². The van der Waals surface area contributed by atoms with Gasteiger partial charge in [0.25, 0.3) is 0 Å². The Balaban J connectivity index is 0.000000806. The van der Waals surface area contributed by atoms with Crippen LogP contribution in [0.5, 0.6) is 0 Å². The third-order valence-corrected chi connectivity index (χ3v) is 10.4. The van der Waals surface area contributed by atoms with Crippen molar-refractivity contribution in [3.8, 4) is 0 Å². The molecular weight excluding hydrogens is 489 g/mol. The van der Waals surface area contributed by atoms with Crippen molar-refractivity contribution >= 4 is 62.6 Å². The average Bonchev–Trinajstić information content (AvgIpc) is 2.82. The van der Waals surface area contributed by atoms with Crippen molar-refractivity contribution in [2.45, 2.75) is 0 Å². The fourth-order valence-corrected chi connectivity index (χ4v) is 8.96. The molecule has 1 unspecified atom stereocenters. The van der Waals surface area contributed by atoms with Gasteiger partial charge in [-0.2, -0.15) is 0 Å². The zero-order valence-electron chi connectivity index (χ0n) is 16.6. The van der Waals surface area contributed by atoms with E-state index >= 15 is 0 Å². The number of halogens is 2. The Bertz CT molecular complexity index is 975. The molecule has 0 heterocycles. The van der Waals surface area contributed by atoms with Crippen molar-refractivity contribution in [3.63, 3.8) is 0 Å². The van der Waals surface area contributed by atoms with Crippen LogP contribution in [-0.4, -0.2) is 6.66 Å². The van der Waals surface area contributed by atoms with Gasteiger partial charge in [-0.15, -0.1) is 0 Å². The molecule has 4 aromatic rings. The maximum absolute atomic E-state index is 4.76. The normalized spacial score (nSPS) is 11.6. The zero-order valence-corrected chi connectivity index (χ0v) is 21.2. The van der Waals surface area contributed by atoms with Crippen molar-refractivity contribution in [1.82, 2.24) is 0 Å². The fourth-order valence-electron chi connectivity index (χ4n) is 3.56. The molecule has 0 aliphatic carbocycles. The molecule has 1 atom stereocenters. The summed E-state index contributed by atoms with van der Waals surface area (Å²) in [5.41, 5.74) is 0. The molecule has 5 heteroatoms. The van der Waals surface area contributed by atoms with Gasteiger partial charge in [0, 0.05) is 0 Å². The number of hydrogen-bond donors (Lipinski definition) is 0. The number of hydrogen-bond acceptors (Lipinski definition) is 0. The van der Waals surface area contributed by atoms with Crippen LogP contribution in [0.1, 0.15) is 0 Å². The SMILES string of the molecule is C[PH+](c1ccccc1)c1ccccc1[PH+](c1ccccc1)c1ccccc1.[Cl][Fe][Cl]. The summed E-state index contributed by atoms with van der Waals surface area (Å²) in [7, 11) is 7.69. The van der Waals surface area contributed by atoms with Crippen molar-refractivity contribution in [3.05, 3.63) is 115 Å².